The number of hydrogen-bond acceptors (Lipinski definition) is 6. The number of hydrogen-bond donors (Lipinski definition) is 0. The van der Waals surface area contributed by atoms with E-state index in [0.717, 1.165) is 12.8 Å². The van der Waals surface area contributed by atoms with Gasteiger partial charge in [-0.15, -0.1) is 0 Å². The lowest BCUT2D eigenvalue weighted by atomic mass is 9.72. The van der Waals surface area contributed by atoms with Crippen LogP contribution in [0.1, 0.15) is 33.1 Å². The Labute approximate surface area is 142 Å². The first-order chi connectivity index (χ1) is 11.3. The SMILES string of the molecule is C=C1[C@@H]2CCC[C@H]2C(C(=O)OC)(C(=O)OC)C12OCC(C)(C)CO2. The monoisotopic (exact) mass is 338 g/mol. The van der Waals surface area contributed by atoms with Gasteiger partial charge in [0, 0.05) is 5.41 Å². The average molecular weight is 338 g/mol. The highest BCUT2D eigenvalue weighted by atomic mass is 16.7. The first kappa shape index (κ1) is 17.4. The number of fused-ring (bicyclic) bond motifs is 1. The van der Waals surface area contributed by atoms with Gasteiger partial charge in [-0.3, -0.25) is 9.59 Å². The van der Waals surface area contributed by atoms with Gasteiger partial charge < -0.3 is 18.9 Å². The molecule has 1 heterocycles. The van der Waals surface area contributed by atoms with Crippen LogP contribution in [0.2, 0.25) is 0 Å². The third-order valence-corrected chi connectivity index (χ3v) is 5.81. The predicted molar refractivity (Wildman–Crippen MR) is 84.9 cm³/mol. The topological polar surface area (TPSA) is 71.1 Å². The molecule has 0 amide bonds. The number of carbonyl (C=O) groups is 2. The molecule has 6 nitrogen and oxygen atoms in total. The van der Waals surface area contributed by atoms with Crippen molar-refractivity contribution in [3.8, 4) is 0 Å². The maximum absolute atomic E-state index is 12.9. The molecule has 1 spiro atoms. The highest BCUT2D eigenvalue weighted by Gasteiger charge is 2.79. The summed E-state index contributed by atoms with van der Waals surface area (Å²) in [5.74, 6) is -3.11. The van der Waals surface area contributed by atoms with Crippen LogP contribution >= 0.6 is 0 Å². The molecule has 3 aliphatic rings. The highest BCUT2D eigenvalue weighted by Crippen LogP contribution is 2.65. The summed E-state index contributed by atoms with van der Waals surface area (Å²) in [6.45, 7) is 8.93. The maximum Gasteiger partial charge on any atom is 0.329 e. The lowest BCUT2D eigenvalue weighted by Gasteiger charge is -2.49. The molecule has 24 heavy (non-hydrogen) atoms. The molecule has 1 aliphatic heterocycles. The molecule has 0 bridgehead atoms. The molecule has 0 N–H and O–H groups in total. The van der Waals surface area contributed by atoms with E-state index in [0.29, 0.717) is 25.2 Å². The van der Waals surface area contributed by atoms with E-state index in [1.54, 1.807) is 0 Å². The fourth-order valence-corrected chi connectivity index (χ4v) is 4.70. The van der Waals surface area contributed by atoms with Gasteiger partial charge in [-0.25, -0.2) is 0 Å². The molecule has 0 unspecified atom stereocenters. The van der Waals surface area contributed by atoms with Gasteiger partial charge in [0.1, 0.15) is 0 Å². The van der Waals surface area contributed by atoms with E-state index in [1.807, 2.05) is 13.8 Å². The van der Waals surface area contributed by atoms with Crippen molar-refractivity contribution in [2.75, 3.05) is 27.4 Å². The minimum atomic E-state index is -1.65. The normalized spacial score (nSPS) is 32.4. The van der Waals surface area contributed by atoms with Crippen LogP contribution in [0.3, 0.4) is 0 Å². The Morgan fingerprint density at radius 1 is 1.08 bits per heavy atom. The van der Waals surface area contributed by atoms with Crippen LogP contribution in [0.5, 0.6) is 0 Å². The van der Waals surface area contributed by atoms with Crippen LogP contribution in [-0.2, 0) is 28.5 Å². The van der Waals surface area contributed by atoms with Gasteiger partial charge in [0.05, 0.1) is 27.4 Å². The van der Waals surface area contributed by atoms with Gasteiger partial charge in [0.15, 0.2) is 0 Å². The minimum Gasteiger partial charge on any atom is -0.468 e. The summed E-state index contributed by atoms with van der Waals surface area (Å²) in [5, 5.41) is 0. The van der Waals surface area contributed by atoms with Crippen LogP contribution in [0, 0.1) is 22.7 Å². The number of ether oxygens (including phenoxy) is 4. The minimum absolute atomic E-state index is 0.00980. The van der Waals surface area contributed by atoms with Gasteiger partial charge in [0.2, 0.25) is 11.2 Å². The van der Waals surface area contributed by atoms with Crippen molar-refractivity contribution in [2.45, 2.75) is 38.9 Å². The van der Waals surface area contributed by atoms with Crippen molar-refractivity contribution < 1.29 is 28.5 Å². The van der Waals surface area contributed by atoms with Crippen LogP contribution in [0.15, 0.2) is 12.2 Å². The largest absolute Gasteiger partial charge is 0.468 e. The lowest BCUT2D eigenvalue weighted by Crippen LogP contribution is -2.64. The fraction of sp³-hybridized carbons (Fsp3) is 0.778. The van der Waals surface area contributed by atoms with E-state index in [1.165, 1.54) is 14.2 Å². The van der Waals surface area contributed by atoms with Crippen molar-refractivity contribution in [3.63, 3.8) is 0 Å². The molecule has 3 fully saturated rings. The van der Waals surface area contributed by atoms with E-state index in [9.17, 15) is 9.59 Å². The Kier molecular flexibility index (Phi) is 4.04. The maximum atomic E-state index is 12.9. The summed E-state index contributed by atoms with van der Waals surface area (Å²) in [4.78, 5) is 25.9. The number of esters is 2. The quantitative estimate of drug-likeness (QED) is 0.436. The number of methoxy groups -OCH3 is 2. The van der Waals surface area contributed by atoms with Crippen LogP contribution in [-0.4, -0.2) is 45.2 Å². The van der Waals surface area contributed by atoms with Crippen molar-refractivity contribution >= 4 is 11.9 Å². The summed E-state index contributed by atoms with van der Waals surface area (Å²) in [6, 6.07) is 0. The van der Waals surface area contributed by atoms with E-state index in [4.69, 9.17) is 18.9 Å². The Balaban J connectivity index is 2.18. The second-order valence-corrected chi connectivity index (χ2v) is 7.82. The first-order valence-electron chi connectivity index (χ1n) is 8.41. The van der Waals surface area contributed by atoms with Gasteiger partial charge in [-0.1, -0.05) is 26.8 Å². The zero-order chi connectivity index (χ0) is 17.8. The molecule has 134 valence electrons. The summed E-state index contributed by atoms with van der Waals surface area (Å²) < 4.78 is 22.4. The summed E-state index contributed by atoms with van der Waals surface area (Å²) >= 11 is 0. The Bertz CT molecular complexity index is 552. The molecule has 0 aromatic heterocycles. The third kappa shape index (κ3) is 1.96. The molecule has 3 rings (SSSR count). The van der Waals surface area contributed by atoms with E-state index >= 15 is 0 Å². The summed E-state index contributed by atoms with van der Waals surface area (Å²) in [7, 11) is 2.55. The lowest BCUT2D eigenvalue weighted by molar-refractivity contribution is -0.317. The van der Waals surface area contributed by atoms with E-state index in [2.05, 4.69) is 6.58 Å². The number of rotatable bonds is 2. The Morgan fingerprint density at radius 2 is 1.62 bits per heavy atom. The molecule has 2 aliphatic carbocycles. The van der Waals surface area contributed by atoms with Gasteiger partial charge >= 0.3 is 11.9 Å². The van der Waals surface area contributed by atoms with Gasteiger partial charge in [0.25, 0.3) is 0 Å². The third-order valence-electron chi connectivity index (χ3n) is 5.81. The molecular weight excluding hydrogens is 312 g/mol. The zero-order valence-corrected chi connectivity index (χ0v) is 14.8. The Hall–Kier alpha value is -1.40. The molecule has 0 aromatic rings. The van der Waals surface area contributed by atoms with Crippen LogP contribution < -0.4 is 0 Å². The molecule has 1 saturated heterocycles. The highest BCUT2D eigenvalue weighted by molar-refractivity contribution is 6.03. The van der Waals surface area contributed by atoms with Crippen LogP contribution in [0.4, 0.5) is 0 Å². The second-order valence-electron chi connectivity index (χ2n) is 7.82. The standard InChI is InChI=1S/C18H26O6/c1-11-12-7-6-8-13(12)17(14(19)21-4,15(20)22-5)18(11)23-9-16(2,3)10-24-18/h12-13H,1,6-10H2,2-5H3/t12-,13+/m0/s1. The smallest absolute Gasteiger partial charge is 0.329 e. The number of carbonyl (C=O) groups excluding carboxylic acids is 2. The van der Waals surface area contributed by atoms with Crippen molar-refractivity contribution in [1.29, 1.82) is 0 Å². The summed E-state index contributed by atoms with van der Waals surface area (Å²) in [6.07, 6.45) is 2.49. The van der Waals surface area contributed by atoms with Crippen molar-refractivity contribution in [2.24, 2.45) is 22.7 Å². The summed E-state index contributed by atoms with van der Waals surface area (Å²) in [5.41, 5.74) is -1.19. The first-order valence-corrected chi connectivity index (χ1v) is 8.41. The van der Waals surface area contributed by atoms with Gasteiger partial charge in [-0.2, -0.15) is 0 Å². The molecule has 0 radical (unpaired) electrons. The predicted octanol–water partition coefficient (Wildman–Crippen LogP) is 2.07. The van der Waals surface area contributed by atoms with Crippen molar-refractivity contribution in [1.82, 2.24) is 0 Å². The molecular formula is C18H26O6. The molecule has 6 heteroatoms. The molecule has 2 saturated carbocycles. The Morgan fingerprint density at radius 3 is 2.12 bits per heavy atom. The average Bonchev–Trinajstić information content (AvgIpc) is 3.11. The molecule has 0 aromatic carbocycles. The van der Waals surface area contributed by atoms with E-state index in [-0.39, 0.29) is 17.3 Å². The van der Waals surface area contributed by atoms with E-state index < -0.39 is 23.1 Å². The van der Waals surface area contributed by atoms with Crippen LogP contribution in [0.25, 0.3) is 0 Å². The zero-order valence-electron chi connectivity index (χ0n) is 14.8. The molecule has 2 atom stereocenters. The van der Waals surface area contributed by atoms with Crippen molar-refractivity contribution in [3.05, 3.63) is 12.2 Å². The second kappa shape index (κ2) is 5.56. The van der Waals surface area contributed by atoms with Gasteiger partial charge in [-0.05, 0) is 30.3 Å². The fourth-order valence-electron chi connectivity index (χ4n) is 4.70.